The standard InChI is InChI=1S/C13H16ClNO3/c1-15(7-12(17)8-2-3-8)13(18)10-5-4-9(14)6-11(10)16/h4-6,8,12,16-17H,2-3,7H2,1H3. The van der Waals surface area contributed by atoms with Crippen LogP contribution in [-0.4, -0.2) is 40.7 Å². The predicted octanol–water partition coefficient (Wildman–Crippen LogP) is 1.89. The minimum Gasteiger partial charge on any atom is -0.507 e. The number of phenolic OH excluding ortho intramolecular Hbond substituents is 1. The second-order valence-electron chi connectivity index (χ2n) is 4.75. The van der Waals surface area contributed by atoms with Crippen molar-refractivity contribution < 1.29 is 15.0 Å². The monoisotopic (exact) mass is 269 g/mol. The number of carbonyl (C=O) groups is 1. The summed E-state index contributed by atoms with van der Waals surface area (Å²) in [6.07, 6.45) is 1.57. The van der Waals surface area contributed by atoms with Gasteiger partial charge in [0, 0.05) is 18.6 Å². The summed E-state index contributed by atoms with van der Waals surface area (Å²) in [6, 6.07) is 4.37. The van der Waals surface area contributed by atoms with Crippen LogP contribution in [0, 0.1) is 5.92 Å². The number of hydrogen-bond acceptors (Lipinski definition) is 3. The Morgan fingerprint density at radius 3 is 2.78 bits per heavy atom. The van der Waals surface area contributed by atoms with Crippen LogP contribution in [0.25, 0.3) is 0 Å². The van der Waals surface area contributed by atoms with Crippen LogP contribution < -0.4 is 0 Å². The summed E-state index contributed by atoms with van der Waals surface area (Å²) in [4.78, 5) is 13.5. The molecule has 2 rings (SSSR count). The number of hydrogen-bond donors (Lipinski definition) is 2. The Morgan fingerprint density at radius 2 is 2.22 bits per heavy atom. The Bertz CT molecular complexity index is 460. The van der Waals surface area contributed by atoms with Gasteiger partial charge in [0.1, 0.15) is 5.75 Å². The van der Waals surface area contributed by atoms with E-state index in [0.29, 0.717) is 10.9 Å². The first-order valence-corrected chi connectivity index (χ1v) is 6.29. The quantitative estimate of drug-likeness (QED) is 0.877. The van der Waals surface area contributed by atoms with E-state index in [1.54, 1.807) is 13.1 Å². The molecule has 1 fully saturated rings. The van der Waals surface area contributed by atoms with E-state index >= 15 is 0 Å². The van der Waals surface area contributed by atoms with Gasteiger partial charge in [-0.05, 0) is 37.0 Å². The number of benzene rings is 1. The fourth-order valence-corrected chi connectivity index (χ4v) is 2.05. The number of rotatable bonds is 4. The molecule has 1 atom stereocenters. The molecule has 0 saturated heterocycles. The van der Waals surface area contributed by atoms with Crippen molar-refractivity contribution in [3.8, 4) is 5.75 Å². The number of aliphatic hydroxyl groups excluding tert-OH is 1. The smallest absolute Gasteiger partial charge is 0.257 e. The highest BCUT2D eigenvalue weighted by Crippen LogP contribution is 2.33. The summed E-state index contributed by atoms with van der Waals surface area (Å²) in [5.74, 6) is -0.136. The Labute approximate surface area is 111 Å². The highest BCUT2D eigenvalue weighted by Gasteiger charge is 2.31. The van der Waals surface area contributed by atoms with Crippen molar-refractivity contribution in [1.29, 1.82) is 0 Å². The zero-order valence-electron chi connectivity index (χ0n) is 10.1. The predicted molar refractivity (Wildman–Crippen MR) is 68.8 cm³/mol. The number of aromatic hydroxyl groups is 1. The zero-order valence-corrected chi connectivity index (χ0v) is 10.9. The lowest BCUT2D eigenvalue weighted by Gasteiger charge is -2.21. The molecule has 0 heterocycles. The molecule has 18 heavy (non-hydrogen) atoms. The average Bonchev–Trinajstić information content (AvgIpc) is 3.11. The van der Waals surface area contributed by atoms with Gasteiger partial charge < -0.3 is 15.1 Å². The highest BCUT2D eigenvalue weighted by molar-refractivity contribution is 6.30. The summed E-state index contributed by atoms with van der Waals surface area (Å²) in [5.41, 5.74) is 0.199. The van der Waals surface area contributed by atoms with E-state index in [-0.39, 0.29) is 23.8 Å². The lowest BCUT2D eigenvalue weighted by Crippen LogP contribution is -2.35. The molecule has 0 radical (unpaired) electrons. The molecule has 0 bridgehead atoms. The van der Waals surface area contributed by atoms with Gasteiger partial charge in [-0.25, -0.2) is 0 Å². The number of nitrogens with zero attached hydrogens (tertiary/aromatic N) is 1. The topological polar surface area (TPSA) is 60.8 Å². The fourth-order valence-electron chi connectivity index (χ4n) is 1.88. The van der Waals surface area contributed by atoms with E-state index in [1.807, 2.05) is 0 Å². The average molecular weight is 270 g/mol. The third-order valence-electron chi connectivity index (χ3n) is 3.16. The van der Waals surface area contributed by atoms with Crippen LogP contribution in [-0.2, 0) is 0 Å². The molecule has 1 unspecified atom stereocenters. The second-order valence-corrected chi connectivity index (χ2v) is 5.19. The summed E-state index contributed by atoms with van der Waals surface area (Å²) in [7, 11) is 1.61. The van der Waals surface area contributed by atoms with Crippen molar-refractivity contribution in [2.45, 2.75) is 18.9 Å². The summed E-state index contributed by atoms with van der Waals surface area (Å²) in [6.45, 7) is 0.283. The van der Waals surface area contributed by atoms with Crippen LogP contribution in [0.15, 0.2) is 18.2 Å². The lowest BCUT2D eigenvalue weighted by atomic mass is 10.1. The number of carbonyl (C=O) groups excluding carboxylic acids is 1. The third kappa shape index (κ3) is 2.94. The van der Waals surface area contributed by atoms with Gasteiger partial charge in [0.15, 0.2) is 0 Å². The van der Waals surface area contributed by atoms with Crippen molar-refractivity contribution in [3.63, 3.8) is 0 Å². The minimum atomic E-state index is -0.478. The van der Waals surface area contributed by atoms with Gasteiger partial charge in [0.05, 0.1) is 11.7 Å². The van der Waals surface area contributed by atoms with Crippen LogP contribution in [0.4, 0.5) is 0 Å². The molecule has 1 saturated carbocycles. The number of likely N-dealkylation sites (N-methyl/N-ethyl adjacent to an activating group) is 1. The molecule has 4 nitrogen and oxygen atoms in total. The molecule has 5 heteroatoms. The van der Waals surface area contributed by atoms with Crippen molar-refractivity contribution in [2.24, 2.45) is 5.92 Å². The number of phenols is 1. The molecule has 1 amide bonds. The Hall–Kier alpha value is -1.26. The molecule has 1 aromatic rings. The largest absolute Gasteiger partial charge is 0.507 e. The molecule has 0 spiro atoms. The third-order valence-corrected chi connectivity index (χ3v) is 3.40. The molecule has 98 valence electrons. The molecule has 1 aliphatic rings. The van der Waals surface area contributed by atoms with Crippen molar-refractivity contribution in [1.82, 2.24) is 4.90 Å². The Morgan fingerprint density at radius 1 is 1.56 bits per heavy atom. The summed E-state index contributed by atoms with van der Waals surface area (Å²) >= 11 is 5.71. The first-order valence-electron chi connectivity index (χ1n) is 5.91. The summed E-state index contributed by atoms with van der Waals surface area (Å²) < 4.78 is 0. The molecule has 1 aromatic carbocycles. The van der Waals surface area contributed by atoms with Crippen LogP contribution in [0.2, 0.25) is 5.02 Å². The SMILES string of the molecule is CN(CC(O)C1CC1)C(=O)c1ccc(Cl)cc1O. The van der Waals surface area contributed by atoms with Crippen molar-refractivity contribution in [2.75, 3.05) is 13.6 Å². The summed E-state index contributed by atoms with van der Waals surface area (Å²) in [5, 5.41) is 19.8. The normalized spacial score (nSPS) is 16.4. The minimum absolute atomic E-state index is 0.139. The Balaban J connectivity index is 2.04. The molecule has 0 aliphatic heterocycles. The van der Waals surface area contributed by atoms with Gasteiger partial charge in [0.2, 0.25) is 0 Å². The first kappa shape index (κ1) is 13.2. The molecular weight excluding hydrogens is 254 g/mol. The lowest BCUT2D eigenvalue weighted by molar-refractivity contribution is 0.0642. The van der Waals surface area contributed by atoms with Gasteiger partial charge in [-0.1, -0.05) is 11.6 Å². The fraction of sp³-hybridized carbons (Fsp3) is 0.462. The maximum atomic E-state index is 12.1. The van der Waals surface area contributed by atoms with E-state index in [2.05, 4.69) is 0 Å². The van der Waals surface area contributed by atoms with Crippen LogP contribution in [0.3, 0.4) is 0 Å². The van der Waals surface area contributed by atoms with Gasteiger partial charge >= 0.3 is 0 Å². The number of aliphatic hydroxyl groups is 1. The van der Waals surface area contributed by atoms with Crippen LogP contribution in [0.1, 0.15) is 23.2 Å². The molecule has 0 aromatic heterocycles. The van der Waals surface area contributed by atoms with E-state index in [4.69, 9.17) is 11.6 Å². The van der Waals surface area contributed by atoms with Crippen molar-refractivity contribution in [3.05, 3.63) is 28.8 Å². The molecular formula is C13H16ClNO3. The first-order chi connectivity index (χ1) is 8.49. The van der Waals surface area contributed by atoms with Crippen molar-refractivity contribution >= 4 is 17.5 Å². The van der Waals surface area contributed by atoms with E-state index < -0.39 is 6.10 Å². The molecule has 1 aliphatic carbocycles. The van der Waals surface area contributed by atoms with Gasteiger partial charge in [-0.2, -0.15) is 0 Å². The maximum absolute atomic E-state index is 12.1. The Kier molecular flexibility index (Phi) is 3.78. The van der Waals surface area contributed by atoms with Gasteiger partial charge in [0.25, 0.3) is 5.91 Å². The number of amides is 1. The van der Waals surface area contributed by atoms with Gasteiger partial charge in [-0.3, -0.25) is 4.79 Å². The second kappa shape index (κ2) is 5.16. The van der Waals surface area contributed by atoms with E-state index in [1.165, 1.54) is 17.0 Å². The van der Waals surface area contributed by atoms with E-state index in [9.17, 15) is 15.0 Å². The van der Waals surface area contributed by atoms with Crippen LogP contribution >= 0.6 is 11.6 Å². The van der Waals surface area contributed by atoms with E-state index in [0.717, 1.165) is 12.8 Å². The van der Waals surface area contributed by atoms with Gasteiger partial charge in [-0.15, -0.1) is 0 Å². The maximum Gasteiger partial charge on any atom is 0.257 e. The molecule has 2 N–H and O–H groups in total. The van der Waals surface area contributed by atoms with Crippen LogP contribution in [0.5, 0.6) is 5.75 Å². The zero-order chi connectivity index (χ0) is 13.3. The number of halogens is 1. The highest BCUT2D eigenvalue weighted by atomic mass is 35.5.